The molecule has 0 aromatic heterocycles. The van der Waals surface area contributed by atoms with Crippen LogP contribution < -0.4 is 0 Å². The van der Waals surface area contributed by atoms with Crippen LogP contribution in [0.3, 0.4) is 0 Å². The molecule has 4 unspecified atom stereocenters. The summed E-state index contributed by atoms with van der Waals surface area (Å²) < 4.78 is 24.1. The fourth-order valence-corrected chi connectivity index (χ4v) is 6.19. The largest absolute Gasteiger partial charge is 0.462 e. The molecular weight excluding hydrogens is 554 g/mol. The number of aliphatic hydroxyl groups is 1. The van der Waals surface area contributed by atoms with Crippen LogP contribution >= 0.6 is 0 Å². The summed E-state index contributed by atoms with van der Waals surface area (Å²) in [6, 6.07) is -0.242. The van der Waals surface area contributed by atoms with Crippen molar-refractivity contribution in [3.8, 4) is 0 Å². The lowest BCUT2D eigenvalue weighted by molar-refractivity contribution is -0.283. The maximum Gasteiger partial charge on any atom is 0.309 e. The third-order valence-corrected chi connectivity index (χ3v) is 8.67. The molecule has 10 nitrogen and oxygen atoms in total. The molecule has 0 saturated carbocycles. The molecule has 1 N–H and O–H groups in total. The number of cyclic esters (lactones) is 1. The summed E-state index contributed by atoms with van der Waals surface area (Å²) in [5.41, 5.74) is 0.861. The number of hydrogen-bond acceptors (Lipinski definition) is 10. The van der Waals surface area contributed by atoms with Crippen molar-refractivity contribution >= 4 is 24.0 Å². The third-order valence-electron chi connectivity index (χ3n) is 8.67. The summed E-state index contributed by atoms with van der Waals surface area (Å²) >= 11 is 0. The van der Waals surface area contributed by atoms with Gasteiger partial charge in [-0.05, 0) is 59.2 Å². The molecule has 0 aliphatic carbocycles. The van der Waals surface area contributed by atoms with Crippen LogP contribution in [0.15, 0.2) is 23.8 Å². The highest BCUT2D eigenvalue weighted by molar-refractivity contribution is 5.91. The number of allylic oxidation sites excluding steroid dienone is 3. The van der Waals surface area contributed by atoms with Crippen molar-refractivity contribution in [2.45, 2.75) is 123 Å². The molecule has 0 amide bonds. The van der Waals surface area contributed by atoms with Gasteiger partial charge in [0.15, 0.2) is 12.1 Å². The van der Waals surface area contributed by atoms with Crippen LogP contribution in [0.1, 0.15) is 80.6 Å². The van der Waals surface area contributed by atoms with Crippen LogP contribution in [0.25, 0.3) is 0 Å². The summed E-state index contributed by atoms with van der Waals surface area (Å²) in [5.74, 6) is -2.90. The SMILES string of the molecule is CC[C@H]1OC(=O)C[C@@H](OC(C)=O)[C@H](C)[C@@H](OC2OC(C)CC(N(C)C)C2O)[C@@H](CC=O)C[C@@H](C)C(=O)/C=C/C(C)=C/[C@@H]1C. The van der Waals surface area contributed by atoms with E-state index in [1.54, 1.807) is 26.0 Å². The van der Waals surface area contributed by atoms with E-state index in [9.17, 15) is 24.3 Å². The number of ketones is 1. The van der Waals surface area contributed by atoms with Gasteiger partial charge in [0.05, 0.1) is 18.6 Å². The Morgan fingerprint density at radius 2 is 1.81 bits per heavy atom. The average molecular weight is 608 g/mol. The number of nitrogens with zero attached hydrogens (tertiary/aromatic N) is 1. The number of rotatable bonds is 7. The normalized spacial score (nSPS) is 39.0. The fourth-order valence-electron chi connectivity index (χ4n) is 6.19. The zero-order chi connectivity index (χ0) is 32.4. The third kappa shape index (κ3) is 10.9. The lowest BCUT2D eigenvalue weighted by atomic mass is 9.79. The van der Waals surface area contributed by atoms with Gasteiger partial charge in [-0.1, -0.05) is 45.4 Å². The van der Waals surface area contributed by atoms with Crippen molar-refractivity contribution in [1.82, 2.24) is 4.90 Å². The summed E-state index contributed by atoms with van der Waals surface area (Å²) in [7, 11) is 3.75. The minimum absolute atomic E-state index is 0.0530. The standard InChI is InChI=1S/C33H53NO9/c1-10-28-21(4)15-19(2)11-12-27(37)20(3)16-25(13-14-35)32(23(6)29(41-24(7)36)18-30(38)42-28)43-33-31(39)26(34(8)9)17-22(5)40-33/h11-12,14-15,20-23,25-26,28-29,31-33,39H,10,13,16-18H2,1-9H3/b12-11+,19-15+/t20-,21+,22?,23+,25+,26?,28-,29-,31?,32-,33?/m1/s1. The summed E-state index contributed by atoms with van der Waals surface area (Å²) in [4.78, 5) is 52.6. The predicted molar refractivity (Wildman–Crippen MR) is 162 cm³/mol. The Bertz CT molecular complexity index is 1010. The van der Waals surface area contributed by atoms with Gasteiger partial charge in [0, 0.05) is 37.1 Å². The Balaban J connectivity index is 2.60. The molecule has 0 radical (unpaired) electrons. The number of aliphatic hydroxyl groups excluding tert-OH is 1. The Labute approximate surface area is 257 Å². The Kier molecular flexibility index (Phi) is 14.7. The van der Waals surface area contributed by atoms with Gasteiger partial charge in [-0.15, -0.1) is 0 Å². The van der Waals surface area contributed by atoms with Crippen LogP contribution in [-0.4, -0.2) is 91.0 Å². The molecule has 43 heavy (non-hydrogen) atoms. The van der Waals surface area contributed by atoms with E-state index in [0.717, 1.165) is 11.9 Å². The van der Waals surface area contributed by atoms with E-state index in [1.807, 2.05) is 52.8 Å². The van der Waals surface area contributed by atoms with Crippen LogP contribution in [0.5, 0.6) is 0 Å². The van der Waals surface area contributed by atoms with Crippen molar-refractivity contribution in [2.75, 3.05) is 14.1 Å². The predicted octanol–water partition coefficient (Wildman–Crippen LogP) is 4.03. The molecule has 2 aliphatic heterocycles. The van der Waals surface area contributed by atoms with Gasteiger partial charge < -0.3 is 33.7 Å². The first-order chi connectivity index (χ1) is 20.2. The highest BCUT2D eigenvalue weighted by Crippen LogP contribution is 2.35. The Morgan fingerprint density at radius 1 is 1.14 bits per heavy atom. The quantitative estimate of drug-likeness (QED) is 0.335. The zero-order valence-corrected chi connectivity index (χ0v) is 27.4. The van der Waals surface area contributed by atoms with Gasteiger partial charge in [-0.2, -0.15) is 0 Å². The number of aldehydes is 1. The summed E-state index contributed by atoms with van der Waals surface area (Å²) in [6.07, 6.45) is 2.87. The van der Waals surface area contributed by atoms with E-state index < -0.39 is 60.4 Å². The van der Waals surface area contributed by atoms with E-state index in [-0.39, 0.29) is 36.7 Å². The minimum Gasteiger partial charge on any atom is -0.462 e. The van der Waals surface area contributed by atoms with Crippen LogP contribution in [0.2, 0.25) is 0 Å². The van der Waals surface area contributed by atoms with Crippen molar-refractivity contribution in [2.24, 2.45) is 23.7 Å². The maximum atomic E-state index is 13.3. The fraction of sp³-hybridized carbons (Fsp3) is 0.758. The van der Waals surface area contributed by atoms with E-state index in [4.69, 9.17) is 18.9 Å². The second-order valence-corrected chi connectivity index (χ2v) is 12.6. The molecular formula is C33H53NO9. The molecule has 0 aromatic carbocycles. The number of likely N-dealkylation sites (N-methyl/N-ethyl adjacent to an activating group) is 1. The van der Waals surface area contributed by atoms with Gasteiger partial charge in [-0.3, -0.25) is 14.4 Å². The lowest BCUT2D eigenvalue weighted by Gasteiger charge is -2.44. The van der Waals surface area contributed by atoms with Crippen LogP contribution in [0, 0.1) is 23.7 Å². The van der Waals surface area contributed by atoms with E-state index >= 15 is 0 Å². The minimum atomic E-state index is -1.04. The maximum absolute atomic E-state index is 13.3. The molecule has 2 aliphatic rings. The van der Waals surface area contributed by atoms with Crippen LogP contribution in [-0.2, 0) is 38.1 Å². The van der Waals surface area contributed by atoms with E-state index in [2.05, 4.69) is 0 Å². The molecule has 0 bridgehead atoms. The van der Waals surface area contributed by atoms with Crippen LogP contribution in [0.4, 0.5) is 0 Å². The first-order valence-corrected chi connectivity index (χ1v) is 15.5. The number of carbonyl (C=O) groups excluding carboxylic acids is 4. The Morgan fingerprint density at radius 3 is 2.40 bits per heavy atom. The zero-order valence-electron chi connectivity index (χ0n) is 27.4. The first kappa shape index (κ1) is 36.8. The van der Waals surface area contributed by atoms with Gasteiger partial charge >= 0.3 is 11.9 Å². The number of hydrogen-bond donors (Lipinski definition) is 1. The lowest BCUT2D eigenvalue weighted by Crippen LogP contribution is -2.56. The van der Waals surface area contributed by atoms with Crippen molar-refractivity contribution in [1.29, 1.82) is 0 Å². The highest BCUT2D eigenvalue weighted by Gasteiger charge is 2.44. The highest BCUT2D eigenvalue weighted by atomic mass is 16.7. The molecule has 10 heteroatoms. The molecule has 244 valence electrons. The molecule has 0 spiro atoms. The van der Waals surface area contributed by atoms with Gasteiger partial charge in [-0.25, -0.2) is 0 Å². The Hall–Kier alpha value is -2.40. The first-order valence-electron chi connectivity index (χ1n) is 15.5. The average Bonchev–Trinajstić information content (AvgIpc) is 2.92. The van der Waals surface area contributed by atoms with E-state index in [1.165, 1.54) is 6.92 Å². The topological polar surface area (TPSA) is 129 Å². The molecule has 2 rings (SSSR count). The smallest absolute Gasteiger partial charge is 0.309 e. The second kappa shape index (κ2) is 17.2. The number of esters is 2. The van der Waals surface area contributed by atoms with E-state index in [0.29, 0.717) is 19.3 Å². The second-order valence-electron chi connectivity index (χ2n) is 12.6. The monoisotopic (exact) mass is 607 g/mol. The molecule has 0 aromatic rings. The molecule has 1 fully saturated rings. The van der Waals surface area contributed by atoms with Gasteiger partial charge in [0.2, 0.25) is 0 Å². The molecule has 2 heterocycles. The molecule has 1 saturated heterocycles. The van der Waals surface area contributed by atoms with Crippen molar-refractivity contribution in [3.05, 3.63) is 23.8 Å². The van der Waals surface area contributed by atoms with Gasteiger partial charge in [0.1, 0.15) is 24.6 Å². The molecule has 11 atom stereocenters. The summed E-state index contributed by atoms with van der Waals surface area (Å²) in [6.45, 7) is 12.5. The van der Waals surface area contributed by atoms with Gasteiger partial charge in [0.25, 0.3) is 0 Å². The number of ether oxygens (including phenoxy) is 4. The number of carbonyl (C=O) groups is 4. The van der Waals surface area contributed by atoms with Crippen molar-refractivity contribution in [3.63, 3.8) is 0 Å². The van der Waals surface area contributed by atoms with Crippen molar-refractivity contribution < 1.29 is 43.2 Å². The summed E-state index contributed by atoms with van der Waals surface area (Å²) in [5, 5.41) is 11.2.